The first-order chi connectivity index (χ1) is 10.7. The van der Waals surface area contributed by atoms with Crippen molar-refractivity contribution in [2.45, 2.75) is 32.6 Å². The molecule has 0 saturated heterocycles. The minimum atomic E-state index is -0.0934. The van der Waals surface area contributed by atoms with Gasteiger partial charge >= 0.3 is 0 Å². The molecule has 0 aliphatic carbocycles. The van der Waals surface area contributed by atoms with E-state index < -0.39 is 0 Å². The number of anilines is 1. The van der Waals surface area contributed by atoms with Gasteiger partial charge < -0.3 is 5.32 Å². The zero-order valence-electron chi connectivity index (χ0n) is 12.3. The van der Waals surface area contributed by atoms with Crippen LogP contribution in [0.2, 0.25) is 0 Å². The Labute approximate surface area is 136 Å². The van der Waals surface area contributed by atoms with E-state index in [9.17, 15) is 4.79 Å². The second-order valence-corrected chi connectivity index (χ2v) is 6.66. The molecule has 2 heterocycles. The Kier molecular flexibility index (Phi) is 6.39. The molecule has 0 radical (unpaired) electrons. The number of hydrogen-bond acceptors (Lipinski definition) is 5. The predicted molar refractivity (Wildman–Crippen MR) is 90.5 cm³/mol. The highest BCUT2D eigenvalue weighted by molar-refractivity contribution is 7.13. The summed E-state index contributed by atoms with van der Waals surface area (Å²) >= 11 is 3.20. The van der Waals surface area contributed by atoms with Gasteiger partial charge in [0.15, 0.2) is 5.13 Å². The molecule has 0 aliphatic heterocycles. The van der Waals surface area contributed by atoms with E-state index in [1.54, 1.807) is 11.3 Å². The van der Waals surface area contributed by atoms with Crippen LogP contribution >= 0.6 is 22.7 Å². The monoisotopic (exact) mass is 335 g/mol. The molecule has 0 fully saturated rings. The number of hydrogen-bond donors (Lipinski definition) is 1. The minimum Gasteiger partial charge on any atom is -0.302 e. The summed E-state index contributed by atoms with van der Waals surface area (Å²) in [7, 11) is 0. The largest absolute Gasteiger partial charge is 0.302 e. The van der Waals surface area contributed by atoms with Crippen molar-refractivity contribution in [2.75, 3.05) is 11.9 Å². The van der Waals surface area contributed by atoms with E-state index in [1.807, 2.05) is 5.38 Å². The lowest BCUT2D eigenvalue weighted by Crippen LogP contribution is -2.05. The lowest BCUT2D eigenvalue weighted by molar-refractivity contribution is -0.114. The number of aromatic nitrogens is 1. The van der Waals surface area contributed by atoms with E-state index in [-0.39, 0.29) is 5.91 Å². The highest BCUT2D eigenvalue weighted by Crippen LogP contribution is 2.20. The van der Waals surface area contributed by atoms with Crippen molar-refractivity contribution in [3.8, 4) is 0 Å². The molecular weight excluding hydrogens is 318 g/mol. The first-order valence-electron chi connectivity index (χ1n) is 6.96. The molecular formula is C14H17N5OS2. The average molecular weight is 335 g/mol. The van der Waals surface area contributed by atoms with Crippen molar-refractivity contribution in [1.29, 1.82) is 0 Å². The number of carbonyl (C=O) groups excluding carboxylic acids is 1. The number of aryl methyl sites for hydroxylation is 3. The third kappa shape index (κ3) is 5.48. The molecule has 1 amide bonds. The lowest BCUT2D eigenvalue weighted by atomic mass is 10.1. The summed E-state index contributed by atoms with van der Waals surface area (Å²) in [6.07, 6.45) is 3.64. The molecule has 22 heavy (non-hydrogen) atoms. The van der Waals surface area contributed by atoms with Crippen molar-refractivity contribution in [1.82, 2.24) is 4.98 Å². The van der Waals surface area contributed by atoms with Crippen molar-refractivity contribution in [3.05, 3.63) is 43.4 Å². The molecule has 116 valence electrons. The Bertz CT molecular complexity index is 672. The van der Waals surface area contributed by atoms with Gasteiger partial charge in [-0.3, -0.25) is 4.79 Å². The summed E-state index contributed by atoms with van der Waals surface area (Å²) in [6, 6.07) is 2.21. The Morgan fingerprint density at radius 3 is 3.00 bits per heavy atom. The number of thiazole rings is 1. The van der Waals surface area contributed by atoms with E-state index in [4.69, 9.17) is 5.53 Å². The number of nitrogens with zero attached hydrogens (tertiary/aromatic N) is 4. The fourth-order valence-electron chi connectivity index (χ4n) is 1.96. The third-order valence-electron chi connectivity index (χ3n) is 2.96. The summed E-state index contributed by atoms with van der Waals surface area (Å²) in [5.41, 5.74) is 10.5. The number of rotatable bonds is 8. The number of nitrogens with one attached hydrogen (secondary N) is 1. The van der Waals surface area contributed by atoms with Crippen molar-refractivity contribution in [3.63, 3.8) is 0 Å². The predicted octanol–water partition coefficient (Wildman–Crippen LogP) is 4.19. The van der Waals surface area contributed by atoms with Crippen molar-refractivity contribution < 1.29 is 4.79 Å². The average Bonchev–Trinajstić information content (AvgIpc) is 3.10. The third-order valence-corrected chi connectivity index (χ3v) is 4.81. The van der Waals surface area contributed by atoms with E-state index in [2.05, 4.69) is 31.8 Å². The fraction of sp³-hybridized carbons (Fsp3) is 0.429. The summed E-state index contributed by atoms with van der Waals surface area (Å²) < 4.78 is 0. The van der Waals surface area contributed by atoms with Crippen LogP contribution in [0.25, 0.3) is 10.4 Å². The molecule has 2 rings (SSSR count). The molecule has 0 saturated carbocycles. The normalized spacial score (nSPS) is 10.2. The van der Waals surface area contributed by atoms with Crippen LogP contribution in [0, 0.1) is 0 Å². The van der Waals surface area contributed by atoms with Gasteiger partial charge in [0.2, 0.25) is 5.91 Å². The molecule has 6 nitrogen and oxygen atoms in total. The second-order valence-electron chi connectivity index (χ2n) is 4.80. The minimum absolute atomic E-state index is 0.0934. The molecule has 0 atom stereocenters. The molecule has 2 aromatic heterocycles. The van der Waals surface area contributed by atoms with Crippen molar-refractivity contribution in [2.24, 2.45) is 5.11 Å². The van der Waals surface area contributed by atoms with Gasteiger partial charge in [-0.15, -0.1) is 22.7 Å². The van der Waals surface area contributed by atoms with E-state index >= 15 is 0 Å². The first-order valence-corrected chi connectivity index (χ1v) is 8.72. The van der Waals surface area contributed by atoms with E-state index in [1.165, 1.54) is 28.7 Å². The van der Waals surface area contributed by atoms with Crippen LogP contribution in [0.1, 0.15) is 29.5 Å². The quantitative estimate of drug-likeness (QED) is 0.339. The maximum Gasteiger partial charge on any atom is 0.223 e. The van der Waals surface area contributed by atoms with Crippen LogP contribution in [-0.4, -0.2) is 17.4 Å². The van der Waals surface area contributed by atoms with Gasteiger partial charge in [-0.2, -0.15) is 0 Å². The second kappa shape index (κ2) is 8.53. The molecule has 2 aromatic rings. The van der Waals surface area contributed by atoms with Gasteiger partial charge in [0.05, 0.1) is 5.69 Å². The van der Waals surface area contributed by atoms with Gasteiger partial charge in [-0.1, -0.05) is 5.11 Å². The van der Waals surface area contributed by atoms with Gasteiger partial charge in [0.1, 0.15) is 0 Å². The van der Waals surface area contributed by atoms with E-state index in [0.29, 0.717) is 11.7 Å². The van der Waals surface area contributed by atoms with Crippen LogP contribution in [0.5, 0.6) is 0 Å². The number of amides is 1. The highest BCUT2D eigenvalue weighted by Gasteiger charge is 2.05. The van der Waals surface area contributed by atoms with Crippen LogP contribution in [0.15, 0.2) is 21.9 Å². The SMILES string of the molecule is CC(=O)Nc1nc(CCc2csc(CCCN=[N+]=[N-])c2)cs1. The Balaban J connectivity index is 1.79. The van der Waals surface area contributed by atoms with Crippen molar-refractivity contribution >= 4 is 33.7 Å². The Hall–Kier alpha value is -1.89. The van der Waals surface area contributed by atoms with Crippen LogP contribution in [0.3, 0.4) is 0 Å². The molecule has 0 aromatic carbocycles. The highest BCUT2D eigenvalue weighted by atomic mass is 32.1. The molecule has 0 unspecified atom stereocenters. The standard InChI is InChI=1S/C14H17N5OS2/c1-10(20)17-14-18-12(9-22-14)5-4-11-7-13(21-8-11)3-2-6-16-19-15/h7-9H,2-6H2,1H3,(H,17,18,20). The summed E-state index contributed by atoms with van der Waals surface area (Å²) in [4.78, 5) is 19.4. The zero-order chi connectivity index (χ0) is 15.8. The Morgan fingerprint density at radius 1 is 1.36 bits per heavy atom. The summed E-state index contributed by atoms with van der Waals surface area (Å²) in [5.74, 6) is -0.0934. The molecule has 1 N–H and O–H groups in total. The number of carbonyl (C=O) groups is 1. The number of thiophene rings is 1. The first kappa shape index (κ1) is 16.5. The topological polar surface area (TPSA) is 90.8 Å². The molecule has 8 heteroatoms. The summed E-state index contributed by atoms with van der Waals surface area (Å²) in [6.45, 7) is 2.03. The van der Waals surface area contributed by atoms with Gasteiger partial charge in [0.25, 0.3) is 0 Å². The van der Waals surface area contributed by atoms with Crippen LogP contribution < -0.4 is 5.32 Å². The zero-order valence-corrected chi connectivity index (χ0v) is 13.9. The van der Waals surface area contributed by atoms with Gasteiger partial charge in [0, 0.05) is 28.6 Å². The van der Waals surface area contributed by atoms with Gasteiger partial charge in [-0.05, 0) is 48.2 Å². The lowest BCUT2D eigenvalue weighted by Gasteiger charge is -1.96. The fourth-order valence-corrected chi connectivity index (χ4v) is 3.72. The molecule has 0 aliphatic rings. The maximum absolute atomic E-state index is 11.0. The molecule has 0 bridgehead atoms. The summed E-state index contributed by atoms with van der Waals surface area (Å²) in [5, 5.41) is 11.1. The number of azide groups is 1. The van der Waals surface area contributed by atoms with Gasteiger partial charge in [-0.25, -0.2) is 4.98 Å². The molecule has 0 spiro atoms. The van der Waals surface area contributed by atoms with E-state index in [0.717, 1.165) is 31.4 Å². The van der Waals surface area contributed by atoms with Crippen LogP contribution in [0.4, 0.5) is 5.13 Å². The Morgan fingerprint density at radius 2 is 2.23 bits per heavy atom. The maximum atomic E-state index is 11.0. The smallest absolute Gasteiger partial charge is 0.223 e. The van der Waals surface area contributed by atoms with Crippen LogP contribution in [-0.2, 0) is 24.1 Å².